The highest BCUT2D eigenvalue weighted by Gasteiger charge is 2.23. The van der Waals surface area contributed by atoms with Crippen molar-refractivity contribution < 1.29 is 8.42 Å². The first-order valence-corrected chi connectivity index (χ1v) is 7.75. The van der Waals surface area contributed by atoms with Crippen molar-refractivity contribution in [1.29, 1.82) is 0 Å². The fraction of sp³-hybridized carbons (Fsp3) is 1.00. The van der Waals surface area contributed by atoms with E-state index in [1.54, 1.807) is 0 Å². The van der Waals surface area contributed by atoms with Gasteiger partial charge < -0.3 is 5.32 Å². The summed E-state index contributed by atoms with van der Waals surface area (Å²) in [4.78, 5) is 0. The molecule has 1 saturated heterocycles. The molecule has 1 rings (SSSR count). The summed E-state index contributed by atoms with van der Waals surface area (Å²) >= 11 is 0. The topological polar surface area (TPSA) is 46.2 Å². The maximum absolute atomic E-state index is 11.4. The summed E-state index contributed by atoms with van der Waals surface area (Å²) in [6, 6.07) is 0.205. The van der Waals surface area contributed by atoms with Crippen molar-refractivity contribution in [3.05, 3.63) is 0 Å². The molecular weight excluding hydrogens is 210 g/mol. The zero-order chi connectivity index (χ0) is 11.3. The van der Waals surface area contributed by atoms with Crippen molar-refractivity contribution in [2.24, 2.45) is 5.92 Å². The summed E-state index contributed by atoms with van der Waals surface area (Å²) in [5.74, 6) is 1.47. The van der Waals surface area contributed by atoms with Crippen LogP contribution in [0.2, 0.25) is 0 Å². The summed E-state index contributed by atoms with van der Waals surface area (Å²) < 4.78 is 22.7. The fourth-order valence-corrected chi connectivity index (χ4v) is 3.67. The molecule has 0 spiro atoms. The van der Waals surface area contributed by atoms with Gasteiger partial charge >= 0.3 is 0 Å². The minimum absolute atomic E-state index is 0.205. The second-order valence-corrected chi connectivity index (χ2v) is 7.17. The molecule has 0 saturated carbocycles. The van der Waals surface area contributed by atoms with Crippen molar-refractivity contribution in [3.8, 4) is 0 Å². The molecule has 0 aromatic rings. The molecule has 1 aliphatic rings. The van der Waals surface area contributed by atoms with E-state index < -0.39 is 9.84 Å². The zero-order valence-corrected chi connectivity index (χ0v) is 10.6. The monoisotopic (exact) mass is 233 g/mol. The van der Waals surface area contributed by atoms with Crippen molar-refractivity contribution >= 4 is 9.84 Å². The molecule has 15 heavy (non-hydrogen) atoms. The minimum atomic E-state index is -2.75. The molecule has 3 nitrogen and oxygen atoms in total. The molecule has 1 heterocycles. The summed E-state index contributed by atoms with van der Waals surface area (Å²) in [6.07, 6.45) is 4.20. The van der Waals surface area contributed by atoms with Crippen LogP contribution in [0, 0.1) is 5.92 Å². The molecule has 1 N–H and O–H groups in total. The highest BCUT2D eigenvalue weighted by molar-refractivity contribution is 7.91. The second kappa shape index (κ2) is 5.85. The number of hydrogen-bond acceptors (Lipinski definition) is 3. The number of nitrogens with one attached hydrogen (secondary N) is 1. The molecule has 1 aliphatic heterocycles. The molecule has 4 heteroatoms. The summed E-state index contributed by atoms with van der Waals surface area (Å²) in [5.41, 5.74) is 0. The predicted molar refractivity (Wildman–Crippen MR) is 63.8 cm³/mol. The molecule has 0 aromatic heterocycles. The Kier molecular flexibility index (Phi) is 5.06. The summed E-state index contributed by atoms with van der Waals surface area (Å²) in [6.45, 7) is 5.38. The number of hydrogen-bond donors (Lipinski definition) is 1. The Balaban J connectivity index is 2.16. The van der Waals surface area contributed by atoms with Crippen LogP contribution in [0.4, 0.5) is 0 Å². The molecule has 1 fully saturated rings. The van der Waals surface area contributed by atoms with Crippen molar-refractivity contribution in [3.63, 3.8) is 0 Å². The van der Waals surface area contributed by atoms with E-state index in [9.17, 15) is 8.42 Å². The summed E-state index contributed by atoms with van der Waals surface area (Å²) in [5, 5.41) is 3.35. The molecule has 1 unspecified atom stereocenters. The van der Waals surface area contributed by atoms with Crippen molar-refractivity contribution in [1.82, 2.24) is 5.32 Å². The Bertz CT molecular complexity index is 272. The van der Waals surface area contributed by atoms with Gasteiger partial charge in [-0.3, -0.25) is 0 Å². The van der Waals surface area contributed by atoms with E-state index in [1.165, 1.54) is 6.42 Å². The van der Waals surface area contributed by atoms with Crippen LogP contribution in [0.25, 0.3) is 0 Å². The smallest absolute Gasteiger partial charge is 0.151 e. The lowest BCUT2D eigenvalue weighted by Gasteiger charge is -2.23. The first kappa shape index (κ1) is 13.0. The Morgan fingerprint density at radius 3 is 2.73 bits per heavy atom. The molecule has 0 amide bonds. The maximum Gasteiger partial charge on any atom is 0.151 e. The third-order valence-corrected chi connectivity index (χ3v) is 4.68. The quantitative estimate of drug-likeness (QED) is 0.734. The Morgan fingerprint density at radius 1 is 1.40 bits per heavy atom. The van der Waals surface area contributed by atoms with Gasteiger partial charge in [0, 0.05) is 6.04 Å². The van der Waals surface area contributed by atoms with Crippen molar-refractivity contribution in [2.75, 3.05) is 18.1 Å². The largest absolute Gasteiger partial charge is 0.313 e. The molecule has 0 aliphatic carbocycles. The van der Waals surface area contributed by atoms with E-state index in [4.69, 9.17) is 0 Å². The van der Waals surface area contributed by atoms with E-state index in [0.29, 0.717) is 11.5 Å². The predicted octanol–water partition coefficient (Wildman–Crippen LogP) is 1.59. The lowest BCUT2D eigenvalue weighted by molar-refractivity contribution is 0.455. The van der Waals surface area contributed by atoms with Gasteiger partial charge in [-0.1, -0.05) is 13.8 Å². The lowest BCUT2D eigenvalue weighted by Crippen LogP contribution is -2.40. The van der Waals surface area contributed by atoms with Crippen LogP contribution in [0.15, 0.2) is 0 Å². The van der Waals surface area contributed by atoms with E-state index in [2.05, 4.69) is 19.2 Å². The Labute approximate surface area is 93.6 Å². The maximum atomic E-state index is 11.4. The van der Waals surface area contributed by atoms with E-state index in [0.717, 1.165) is 31.7 Å². The van der Waals surface area contributed by atoms with Gasteiger partial charge in [0.1, 0.15) is 0 Å². The third kappa shape index (κ3) is 5.52. The summed E-state index contributed by atoms with van der Waals surface area (Å²) in [7, 11) is -2.75. The van der Waals surface area contributed by atoms with E-state index in [-0.39, 0.29) is 6.04 Å². The first-order valence-electron chi connectivity index (χ1n) is 5.93. The average molecular weight is 233 g/mol. The number of rotatable bonds is 5. The normalized spacial score (nSPS) is 25.7. The molecular formula is C11H23NO2S. The van der Waals surface area contributed by atoms with Crippen molar-refractivity contribution in [2.45, 2.75) is 45.6 Å². The van der Waals surface area contributed by atoms with Gasteiger partial charge in [0.25, 0.3) is 0 Å². The highest BCUT2D eigenvalue weighted by atomic mass is 32.2. The second-order valence-electron chi connectivity index (χ2n) is 4.94. The van der Waals surface area contributed by atoms with Crippen LogP contribution in [-0.4, -0.2) is 32.5 Å². The Morgan fingerprint density at radius 2 is 2.13 bits per heavy atom. The molecule has 1 atom stereocenters. The number of sulfone groups is 1. The van der Waals surface area contributed by atoms with E-state index in [1.807, 2.05) is 0 Å². The van der Waals surface area contributed by atoms with Crippen LogP contribution in [0.3, 0.4) is 0 Å². The van der Waals surface area contributed by atoms with Crippen LogP contribution >= 0.6 is 0 Å². The lowest BCUT2D eigenvalue weighted by atomic mass is 10.1. The molecule has 0 radical (unpaired) electrons. The minimum Gasteiger partial charge on any atom is -0.313 e. The highest BCUT2D eigenvalue weighted by Crippen LogP contribution is 2.12. The van der Waals surface area contributed by atoms with Gasteiger partial charge in [-0.15, -0.1) is 0 Å². The molecule has 0 bridgehead atoms. The van der Waals surface area contributed by atoms with E-state index >= 15 is 0 Å². The van der Waals surface area contributed by atoms with Gasteiger partial charge in [-0.2, -0.15) is 0 Å². The van der Waals surface area contributed by atoms with Gasteiger partial charge in [0.2, 0.25) is 0 Å². The average Bonchev–Trinajstić information content (AvgIpc) is 2.10. The first-order chi connectivity index (χ1) is 6.99. The third-order valence-electron chi connectivity index (χ3n) is 2.85. The van der Waals surface area contributed by atoms with Gasteiger partial charge in [0.05, 0.1) is 11.5 Å². The molecule has 90 valence electrons. The van der Waals surface area contributed by atoms with Crippen LogP contribution in [0.5, 0.6) is 0 Å². The van der Waals surface area contributed by atoms with Crippen LogP contribution in [-0.2, 0) is 9.84 Å². The van der Waals surface area contributed by atoms with Crippen LogP contribution in [0.1, 0.15) is 39.5 Å². The Hall–Kier alpha value is -0.0900. The standard InChI is InChI=1S/C11H23NO2S/c1-10(2)5-3-7-12-11-6-4-8-15(13,14)9-11/h10-12H,3-9H2,1-2H3. The molecule has 0 aromatic carbocycles. The van der Waals surface area contributed by atoms with Gasteiger partial charge in [-0.25, -0.2) is 8.42 Å². The fourth-order valence-electron chi connectivity index (χ4n) is 2.00. The van der Waals surface area contributed by atoms with Crippen LogP contribution < -0.4 is 5.32 Å². The van der Waals surface area contributed by atoms with Gasteiger partial charge in [-0.05, 0) is 38.1 Å². The van der Waals surface area contributed by atoms with Gasteiger partial charge in [0.15, 0.2) is 9.84 Å². The SMILES string of the molecule is CC(C)CCCNC1CCCS(=O)(=O)C1. The zero-order valence-electron chi connectivity index (χ0n) is 9.83.